The first kappa shape index (κ1) is 17.7. The Bertz CT molecular complexity index is 595. The number of hydrogen-bond donors (Lipinski definition) is 2. The zero-order valence-electron chi connectivity index (χ0n) is 14.4. The SMILES string of the molecule is Cc1ccccc1CNCCN(CCN)Cc1ccccc1C. The Hall–Kier alpha value is -1.68. The molecule has 0 heterocycles. The standard InChI is InChI=1S/C20H29N3/c1-17-7-3-5-9-19(17)15-22-12-14-23(13-11-21)16-20-10-6-4-8-18(20)2/h3-10,22H,11-16,21H2,1-2H3. The molecule has 0 aliphatic carbocycles. The van der Waals surface area contributed by atoms with Crippen LogP contribution in [0.4, 0.5) is 0 Å². The van der Waals surface area contributed by atoms with Crippen LogP contribution < -0.4 is 11.1 Å². The number of nitrogens with two attached hydrogens (primary N) is 1. The molecule has 3 N–H and O–H groups in total. The number of hydrogen-bond acceptors (Lipinski definition) is 3. The summed E-state index contributed by atoms with van der Waals surface area (Å²) in [5.74, 6) is 0. The molecule has 124 valence electrons. The van der Waals surface area contributed by atoms with Crippen molar-refractivity contribution in [3.8, 4) is 0 Å². The third kappa shape index (κ3) is 5.79. The highest BCUT2D eigenvalue weighted by atomic mass is 15.1. The van der Waals surface area contributed by atoms with Gasteiger partial charge in [-0.05, 0) is 36.1 Å². The third-order valence-electron chi connectivity index (χ3n) is 4.28. The van der Waals surface area contributed by atoms with Crippen molar-refractivity contribution in [1.29, 1.82) is 0 Å². The van der Waals surface area contributed by atoms with Crippen LogP contribution in [0, 0.1) is 13.8 Å². The van der Waals surface area contributed by atoms with E-state index in [2.05, 4.69) is 72.6 Å². The van der Waals surface area contributed by atoms with E-state index in [0.717, 1.165) is 32.7 Å². The highest BCUT2D eigenvalue weighted by Crippen LogP contribution is 2.10. The van der Waals surface area contributed by atoms with Crippen molar-refractivity contribution < 1.29 is 0 Å². The summed E-state index contributed by atoms with van der Waals surface area (Å²) in [6.07, 6.45) is 0. The molecule has 0 aliphatic rings. The van der Waals surface area contributed by atoms with Gasteiger partial charge in [-0.2, -0.15) is 0 Å². The van der Waals surface area contributed by atoms with E-state index in [0.29, 0.717) is 6.54 Å². The van der Waals surface area contributed by atoms with Crippen LogP contribution in [0.3, 0.4) is 0 Å². The van der Waals surface area contributed by atoms with Gasteiger partial charge in [-0.3, -0.25) is 4.90 Å². The first-order chi connectivity index (χ1) is 11.2. The van der Waals surface area contributed by atoms with E-state index in [9.17, 15) is 0 Å². The fraction of sp³-hybridized carbons (Fsp3) is 0.400. The van der Waals surface area contributed by atoms with E-state index in [-0.39, 0.29) is 0 Å². The minimum atomic E-state index is 0.698. The van der Waals surface area contributed by atoms with E-state index in [1.54, 1.807) is 0 Å². The lowest BCUT2D eigenvalue weighted by Crippen LogP contribution is -2.35. The Morgan fingerprint density at radius 1 is 0.870 bits per heavy atom. The maximum absolute atomic E-state index is 5.77. The van der Waals surface area contributed by atoms with E-state index in [1.807, 2.05) is 0 Å². The fourth-order valence-corrected chi connectivity index (χ4v) is 2.75. The molecule has 0 atom stereocenters. The van der Waals surface area contributed by atoms with Crippen LogP contribution in [0.2, 0.25) is 0 Å². The third-order valence-corrected chi connectivity index (χ3v) is 4.28. The molecule has 0 aromatic heterocycles. The van der Waals surface area contributed by atoms with Crippen molar-refractivity contribution in [3.63, 3.8) is 0 Å². The van der Waals surface area contributed by atoms with Gasteiger partial charge < -0.3 is 11.1 Å². The van der Waals surface area contributed by atoms with Gasteiger partial charge in [0.15, 0.2) is 0 Å². The molecule has 2 aromatic carbocycles. The molecular weight excluding hydrogens is 282 g/mol. The number of aryl methyl sites for hydroxylation is 2. The van der Waals surface area contributed by atoms with Gasteiger partial charge in [-0.25, -0.2) is 0 Å². The van der Waals surface area contributed by atoms with Crippen molar-refractivity contribution in [3.05, 3.63) is 70.8 Å². The van der Waals surface area contributed by atoms with E-state index >= 15 is 0 Å². The number of benzene rings is 2. The average Bonchev–Trinajstić information content (AvgIpc) is 2.55. The minimum absolute atomic E-state index is 0.698. The Balaban J connectivity index is 1.81. The van der Waals surface area contributed by atoms with Crippen molar-refractivity contribution in [2.75, 3.05) is 26.2 Å². The predicted octanol–water partition coefficient (Wildman–Crippen LogP) is 2.85. The zero-order valence-corrected chi connectivity index (χ0v) is 14.4. The zero-order chi connectivity index (χ0) is 16.5. The summed E-state index contributed by atoms with van der Waals surface area (Å²) in [6.45, 7) is 9.84. The van der Waals surface area contributed by atoms with Crippen molar-refractivity contribution in [2.24, 2.45) is 5.73 Å². The summed E-state index contributed by atoms with van der Waals surface area (Å²) in [5, 5.41) is 3.55. The van der Waals surface area contributed by atoms with Crippen LogP contribution in [0.25, 0.3) is 0 Å². The molecule has 3 heteroatoms. The normalized spacial score (nSPS) is 11.1. The second-order valence-electron chi connectivity index (χ2n) is 6.09. The van der Waals surface area contributed by atoms with E-state index < -0.39 is 0 Å². The molecule has 0 unspecified atom stereocenters. The van der Waals surface area contributed by atoms with Gasteiger partial charge in [0.25, 0.3) is 0 Å². The van der Waals surface area contributed by atoms with Gasteiger partial charge in [-0.15, -0.1) is 0 Å². The minimum Gasteiger partial charge on any atom is -0.329 e. The van der Waals surface area contributed by atoms with Crippen molar-refractivity contribution in [2.45, 2.75) is 26.9 Å². The first-order valence-electron chi connectivity index (χ1n) is 8.43. The number of rotatable bonds is 9. The Labute approximate surface area is 140 Å². The Kier molecular flexibility index (Phi) is 7.27. The van der Waals surface area contributed by atoms with Crippen LogP contribution >= 0.6 is 0 Å². The lowest BCUT2D eigenvalue weighted by Gasteiger charge is -2.23. The predicted molar refractivity (Wildman–Crippen MR) is 98.4 cm³/mol. The second-order valence-corrected chi connectivity index (χ2v) is 6.09. The van der Waals surface area contributed by atoms with E-state index in [4.69, 9.17) is 5.73 Å². The smallest absolute Gasteiger partial charge is 0.0237 e. The Morgan fingerprint density at radius 2 is 1.48 bits per heavy atom. The van der Waals surface area contributed by atoms with Crippen LogP contribution in [0.1, 0.15) is 22.3 Å². The van der Waals surface area contributed by atoms with Gasteiger partial charge in [0.2, 0.25) is 0 Å². The molecule has 3 nitrogen and oxygen atoms in total. The molecule has 0 aliphatic heterocycles. The Morgan fingerprint density at radius 3 is 2.09 bits per heavy atom. The molecule has 2 rings (SSSR count). The van der Waals surface area contributed by atoms with Crippen LogP contribution in [-0.4, -0.2) is 31.1 Å². The summed E-state index contributed by atoms with van der Waals surface area (Å²) in [4.78, 5) is 2.42. The molecule has 0 amide bonds. The number of nitrogens with zero attached hydrogens (tertiary/aromatic N) is 1. The van der Waals surface area contributed by atoms with Crippen LogP contribution in [-0.2, 0) is 13.1 Å². The largest absolute Gasteiger partial charge is 0.329 e. The fourth-order valence-electron chi connectivity index (χ4n) is 2.75. The topological polar surface area (TPSA) is 41.3 Å². The second kappa shape index (κ2) is 9.46. The molecule has 0 bridgehead atoms. The monoisotopic (exact) mass is 311 g/mol. The number of nitrogens with one attached hydrogen (secondary N) is 1. The van der Waals surface area contributed by atoms with Gasteiger partial charge >= 0.3 is 0 Å². The van der Waals surface area contributed by atoms with Crippen molar-refractivity contribution >= 4 is 0 Å². The maximum atomic E-state index is 5.77. The van der Waals surface area contributed by atoms with Crippen LogP contribution in [0.15, 0.2) is 48.5 Å². The highest BCUT2D eigenvalue weighted by Gasteiger charge is 2.06. The lowest BCUT2D eigenvalue weighted by molar-refractivity contribution is 0.271. The van der Waals surface area contributed by atoms with Crippen LogP contribution in [0.5, 0.6) is 0 Å². The summed E-state index contributed by atoms with van der Waals surface area (Å²) < 4.78 is 0. The van der Waals surface area contributed by atoms with Gasteiger partial charge in [0.05, 0.1) is 0 Å². The molecule has 0 spiro atoms. The summed E-state index contributed by atoms with van der Waals surface area (Å²) in [7, 11) is 0. The van der Waals surface area contributed by atoms with Crippen molar-refractivity contribution in [1.82, 2.24) is 10.2 Å². The molecule has 2 aromatic rings. The van der Waals surface area contributed by atoms with Gasteiger partial charge in [0, 0.05) is 39.3 Å². The van der Waals surface area contributed by atoms with E-state index in [1.165, 1.54) is 22.3 Å². The molecule has 23 heavy (non-hydrogen) atoms. The summed E-state index contributed by atoms with van der Waals surface area (Å²) in [5.41, 5.74) is 11.2. The molecule has 0 saturated carbocycles. The highest BCUT2D eigenvalue weighted by molar-refractivity contribution is 5.26. The quantitative estimate of drug-likeness (QED) is 0.700. The van der Waals surface area contributed by atoms with Gasteiger partial charge in [-0.1, -0.05) is 48.5 Å². The maximum Gasteiger partial charge on any atom is 0.0237 e. The summed E-state index contributed by atoms with van der Waals surface area (Å²) in [6, 6.07) is 17.1. The van der Waals surface area contributed by atoms with Gasteiger partial charge in [0.1, 0.15) is 0 Å². The average molecular weight is 311 g/mol. The summed E-state index contributed by atoms with van der Waals surface area (Å²) >= 11 is 0. The first-order valence-corrected chi connectivity index (χ1v) is 8.43. The molecule has 0 radical (unpaired) electrons. The lowest BCUT2D eigenvalue weighted by atomic mass is 10.1. The molecule has 0 saturated heterocycles. The molecular formula is C20H29N3. The molecule has 0 fully saturated rings.